The Morgan fingerprint density at radius 3 is 2.29 bits per heavy atom. The summed E-state index contributed by atoms with van der Waals surface area (Å²) in [5.41, 5.74) is 0.244. The molecule has 1 N–H and O–H groups in total. The van der Waals surface area contributed by atoms with Gasteiger partial charge in [0.2, 0.25) is 0 Å². The minimum atomic E-state index is -4.63. The molecule has 2 aromatic heterocycles. The number of carbonyl (C=O) groups is 1. The molecule has 0 aliphatic carbocycles. The molecule has 0 saturated heterocycles. The van der Waals surface area contributed by atoms with Gasteiger partial charge in [-0.15, -0.1) is 0 Å². The van der Waals surface area contributed by atoms with Crippen molar-refractivity contribution in [2.75, 3.05) is 0 Å². The molecule has 0 aliphatic rings. The fourth-order valence-corrected chi connectivity index (χ4v) is 4.01. The fraction of sp³-hybridized carbons (Fsp3) is 0.0741. The summed E-state index contributed by atoms with van der Waals surface area (Å²) < 4.78 is 41.6. The smallest absolute Gasteiger partial charge is 0.340 e. The maximum atomic E-state index is 13.9. The number of pyridine rings is 2. The first kappa shape index (κ1) is 21.6. The highest BCUT2D eigenvalue weighted by Gasteiger charge is 2.37. The highest BCUT2D eigenvalue weighted by molar-refractivity contribution is 5.98. The molecule has 3 aromatic carbocycles. The van der Waals surface area contributed by atoms with E-state index < -0.39 is 23.7 Å². The molecule has 1 amide bonds. The molecule has 5 rings (SSSR count). The van der Waals surface area contributed by atoms with Gasteiger partial charge in [0.15, 0.2) is 0 Å². The average Bonchev–Trinajstić information content (AvgIpc) is 2.86. The second-order valence-corrected chi connectivity index (χ2v) is 7.86. The lowest BCUT2D eigenvalue weighted by atomic mass is 9.96. The Morgan fingerprint density at radius 2 is 1.47 bits per heavy atom. The van der Waals surface area contributed by atoms with Crippen LogP contribution in [0.5, 0.6) is 0 Å². The molecule has 0 spiro atoms. The zero-order valence-corrected chi connectivity index (χ0v) is 17.8. The maximum absolute atomic E-state index is 13.9. The number of benzene rings is 3. The number of fused-ring (bicyclic) bond motifs is 2. The summed E-state index contributed by atoms with van der Waals surface area (Å²) in [4.78, 5) is 21.5. The van der Waals surface area contributed by atoms with Gasteiger partial charge < -0.3 is 5.32 Å². The van der Waals surface area contributed by atoms with Gasteiger partial charge in [0, 0.05) is 23.3 Å². The summed E-state index contributed by atoms with van der Waals surface area (Å²) >= 11 is 0. The SMILES string of the molecule is O=C(NC(c1ccc2ccccc2c1)c1ncccc1C(F)(F)F)c1ccc2cccnc2c1. The minimum Gasteiger partial charge on any atom is -0.340 e. The normalized spacial score (nSPS) is 12.6. The molecule has 0 aliphatic heterocycles. The van der Waals surface area contributed by atoms with E-state index in [1.807, 2.05) is 36.4 Å². The van der Waals surface area contributed by atoms with E-state index in [1.165, 1.54) is 12.3 Å². The van der Waals surface area contributed by atoms with Crippen molar-refractivity contribution in [3.05, 3.63) is 120 Å². The molecule has 4 nitrogen and oxygen atoms in total. The lowest BCUT2D eigenvalue weighted by molar-refractivity contribution is -0.138. The third-order valence-electron chi connectivity index (χ3n) is 5.67. The number of hydrogen-bond donors (Lipinski definition) is 1. The standard InChI is InChI=1S/C27H18F3N3O/c28-27(29,30)22-8-4-14-32-25(22)24(20-11-9-17-5-1-2-6-19(17)15-20)33-26(34)21-12-10-18-7-3-13-31-23(18)16-21/h1-16,24H,(H,33,34). The first-order valence-corrected chi connectivity index (χ1v) is 10.6. The summed E-state index contributed by atoms with van der Waals surface area (Å²) in [6.07, 6.45) is -1.72. The number of nitrogens with one attached hydrogen (secondary N) is 1. The third kappa shape index (κ3) is 4.20. The molecule has 34 heavy (non-hydrogen) atoms. The van der Waals surface area contributed by atoms with E-state index in [9.17, 15) is 18.0 Å². The Kier molecular flexibility index (Phi) is 5.45. The van der Waals surface area contributed by atoms with Crippen molar-refractivity contribution in [2.45, 2.75) is 12.2 Å². The first-order chi connectivity index (χ1) is 16.4. The van der Waals surface area contributed by atoms with E-state index in [4.69, 9.17) is 0 Å². The average molecular weight is 457 g/mol. The molecular formula is C27H18F3N3O. The molecule has 168 valence electrons. The van der Waals surface area contributed by atoms with Gasteiger partial charge >= 0.3 is 6.18 Å². The predicted molar refractivity (Wildman–Crippen MR) is 124 cm³/mol. The van der Waals surface area contributed by atoms with Crippen LogP contribution in [0.3, 0.4) is 0 Å². The summed E-state index contributed by atoms with van der Waals surface area (Å²) in [5.74, 6) is -0.524. The van der Waals surface area contributed by atoms with Crippen LogP contribution >= 0.6 is 0 Å². The Bertz CT molecular complexity index is 1510. The van der Waals surface area contributed by atoms with Gasteiger partial charge in [-0.1, -0.05) is 48.5 Å². The first-order valence-electron chi connectivity index (χ1n) is 10.6. The van der Waals surface area contributed by atoms with Gasteiger partial charge in [-0.05, 0) is 52.7 Å². The van der Waals surface area contributed by atoms with Crippen LogP contribution in [0, 0.1) is 0 Å². The Hall–Kier alpha value is -4.26. The van der Waals surface area contributed by atoms with Crippen LogP contribution in [0.25, 0.3) is 21.7 Å². The van der Waals surface area contributed by atoms with Crippen molar-refractivity contribution < 1.29 is 18.0 Å². The predicted octanol–water partition coefficient (Wildman–Crippen LogP) is 6.32. The number of aromatic nitrogens is 2. The van der Waals surface area contributed by atoms with Gasteiger partial charge in [-0.2, -0.15) is 13.2 Å². The molecule has 7 heteroatoms. The lowest BCUT2D eigenvalue weighted by Gasteiger charge is -2.23. The fourth-order valence-electron chi connectivity index (χ4n) is 4.01. The molecule has 5 aromatic rings. The minimum absolute atomic E-state index is 0.266. The second kappa shape index (κ2) is 8.59. The number of alkyl halides is 3. The summed E-state index contributed by atoms with van der Waals surface area (Å²) in [6, 6.07) is 22.6. The quantitative estimate of drug-likeness (QED) is 0.344. The summed E-state index contributed by atoms with van der Waals surface area (Å²) in [5, 5.41) is 5.42. The van der Waals surface area contributed by atoms with Crippen molar-refractivity contribution in [3.63, 3.8) is 0 Å². The van der Waals surface area contributed by atoms with Crippen LogP contribution < -0.4 is 5.32 Å². The van der Waals surface area contributed by atoms with E-state index in [0.717, 1.165) is 22.2 Å². The van der Waals surface area contributed by atoms with Gasteiger partial charge in [0.25, 0.3) is 5.91 Å². The molecule has 0 bridgehead atoms. The number of carbonyl (C=O) groups excluding carboxylic acids is 1. The van der Waals surface area contributed by atoms with Crippen LogP contribution in [0.1, 0.15) is 33.2 Å². The number of hydrogen-bond acceptors (Lipinski definition) is 3. The molecule has 0 saturated carbocycles. The lowest BCUT2D eigenvalue weighted by Crippen LogP contribution is -2.31. The monoisotopic (exact) mass is 457 g/mol. The van der Waals surface area contributed by atoms with Crippen LogP contribution in [0.15, 0.2) is 97.3 Å². The van der Waals surface area contributed by atoms with Crippen LogP contribution in [0.4, 0.5) is 13.2 Å². The topological polar surface area (TPSA) is 54.9 Å². The maximum Gasteiger partial charge on any atom is 0.418 e. The van der Waals surface area contributed by atoms with E-state index >= 15 is 0 Å². The third-order valence-corrected chi connectivity index (χ3v) is 5.67. The summed E-state index contributed by atoms with van der Waals surface area (Å²) in [7, 11) is 0. The number of amides is 1. The Labute approximate surface area is 193 Å². The van der Waals surface area contributed by atoms with Crippen LogP contribution in [-0.4, -0.2) is 15.9 Å². The number of nitrogens with zero attached hydrogens (tertiary/aromatic N) is 2. The van der Waals surface area contributed by atoms with Gasteiger partial charge in [-0.25, -0.2) is 0 Å². The van der Waals surface area contributed by atoms with Gasteiger partial charge in [-0.3, -0.25) is 14.8 Å². The van der Waals surface area contributed by atoms with Gasteiger partial charge in [0.05, 0.1) is 22.8 Å². The van der Waals surface area contributed by atoms with E-state index in [2.05, 4.69) is 15.3 Å². The molecule has 1 unspecified atom stereocenters. The highest BCUT2D eigenvalue weighted by Crippen LogP contribution is 2.36. The molecular weight excluding hydrogens is 439 g/mol. The Morgan fingerprint density at radius 1 is 0.765 bits per heavy atom. The van der Waals surface area contributed by atoms with E-state index in [-0.39, 0.29) is 5.69 Å². The van der Waals surface area contributed by atoms with Gasteiger partial charge in [0.1, 0.15) is 0 Å². The second-order valence-electron chi connectivity index (χ2n) is 7.86. The zero-order chi connectivity index (χ0) is 23.7. The van der Waals surface area contributed by atoms with Crippen LogP contribution in [0.2, 0.25) is 0 Å². The molecule has 1 atom stereocenters. The van der Waals surface area contributed by atoms with Crippen LogP contribution in [-0.2, 0) is 6.18 Å². The highest BCUT2D eigenvalue weighted by atomic mass is 19.4. The molecule has 2 heterocycles. The van der Waals surface area contributed by atoms with E-state index in [1.54, 1.807) is 42.6 Å². The van der Waals surface area contributed by atoms with Crippen molar-refractivity contribution >= 4 is 27.6 Å². The zero-order valence-electron chi connectivity index (χ0n) is 17.8. The largest absolute Gasteiger partial charge is 0.418 e. The van der Waals surface area contributed by atoms with E-state index in [0.29, 0.717) is 16.6 Å². The molecule has 0 radical (unpaired) electrons. The summed E-state index contributed by atoms with van der Waals surface area (Å²) in [6.45, 7) is 0. The van der Waals surface area contributed by atoms with Crippen molar-refractivity contribution in [1.82, 2.24) is 15.3 Å². The van der Waals surface area contributed by atoms with Crippen molar-refractivity contribution in [2.24, 2.45) is 0 Å². The number of rotatable bonds is 4. The van der Waals surface area contributed by atoms with Crippen molar-refractivity contribution in [1.29, 1.82) is 0 Å². The Balaban J connectivity index is 1.61. The molecule has 0 fully saturated rings. The van der Waals surface area contributed by atoms with Crippen molar-refractivity contribution in [3.8, 4) is 0 Å². The number of halogens is 3.